The molecular weight excluding hydrogens is 162 g/mol. The predicted octanol–water partition coefficient (Wildman–Crippen LogP) is 2.67. The van der Waals surface area contributed by atoms with E-state index in [0.717, 1.165) is 0 Å². The highest BCUT2D eigenvalue weighted by Crippen LogP contribution is 2.25. The molecule has 0 aliphatic heterocycles. The standard InChI is InChI=1S/C4H2F6/c5-2(6)1-4(9,10)3(7)8/h1,3H. The van der Waals surface area contributed by atoms with Crippen LogP contribution in [-0.2, 0) is 0 Å². The van der Waals surface area contributed by atoms with Gasteiger partial charge in [0.2, 0.25) is 0 Å². The molecule has 0 aliphatic carbocycles. The van der Waals surface area contributed by atoms with Crippen molar-refractivity contribution in [3.63, 3.8) is 0 Å². The summed E-state index contributed by atoms with van der Waals surface area (Å²) in [6.07, 6.45) is -7.98. The molecule has 10 heavy (non-hydrogen) atoms. The molecule has 6 heteroatoms. The van der Waals surface area contributed by atoms with Crippen molar-refractivity contribution in [3.8, 4) is 0 Å². The summed E-state index contributed by atoms with van der Waals surface area (Å²) in [5.41, 5.74) is 0. The van der Waals surface area contributed by atoms with E-state index in [2.05, 4.69) is 0 Å². The van der Waals surface area contributed by atoms with E-state index in [1.807, 2.05) is 0 Å². The van der Waals surface area contributed by atoms with Gasteiger partial charge in [-0.1, -0.05) is 0 Å². The zero-order chi connectivity index (χ0) is 8.36. The topological polar surface area (TPSA) is 0 Å². The highest BCUT2D eigenvalue weighted by Gasteiger charge is 2.39. The van der Waals surface area contributed by atoms with E-state index in [9.17, 15) is 26.3 Å². The van der Waals surface area contributed by atoms with Crippen LogP contribution in [0.25, 0.3) is 0 Å². The van der Waals surface area contributed by atoms with Gasteiger partial charge in [-0.3, -0.25) is 0 Å². The maximum atomic E-state index is 11.5. The second-order valence-corrected chi connectivity index (χ2v) is 1.41. The molecule has 0 radical (unpaired) electrons. The van der Waals surface area contributed by atoms with Crippen LogP contribution in [-0.4, -0.2) is 12.3 Å². The maximum absolute atomic E-state index is 11.5. The minimum Gasteiger partial charge on any atom is -0.203 e. The lowest BCUT2D eigenvalue weighted by Gasteiger charge is -2.07. The Hall–Kier alpha value is -0.680. The van der Waals surface area contributed by atoms with E-state index in [0.29, 0.717) is 0 Å². The van der Waals surface area contributed by atoms with Crippen LogP contribution in [0.1, 0.15) is 0 Å². The first-order chi connectivity index (χ1) is 4.36. The molecule has 0 aliphatic rings. The molecule has 0 spiro atoms. The second kappa shape index (κ2) is 2.94. The average Bonchev–Trinajstić information content (AvgIpc) is 1.60. The SMILES string of the molecule is FC(F)=CC(F)(F)C(F)F. The van der Waals surface area contributed by atoms with Crippen molar-refractivity contribution < 1.29 is 26.3 Å². The summed E-state index contributed by atoms with van der Waals surface area (Å²) < 4.78 is 66.9. The molecule has 0 saturated heterocycles. The molecule has 0 bridgehead atoms. The van der Waals surface area contributed by atoms with E-state index in [1.54, 1.807) is 0 Å². The molecule has 0 unspecified atom stereocenters. The Morgan fingerprint density at radius 1 is 1.20 bits per heavy atom. The van der Waals surface area contributed by atoms with Crippen molar-refractivity contribution in [3.05, 3.63) is 12.2 Å². The van der Waals surface area contributed by atoms with Crippen LogP contribution < -0.4 is 0 Å². The van der Waals surface area contributed by atoms with Crippen molar-refractivity contribution in [1.29, 1.82) is 0 Å². The molecular formula is C4H2F6. The Balaban J connectivity index is 4.27. The Bertz CT molecular complexity index is 133. The first-order valence-corrected chi connectivity index (χ1v) is 2.06. The molecule has 0 rings (SSSR count). The lowest BCUT2D eigenvalue weighted by atomic mass is 10.3. The zero-order valence-electron chi connectivity index (χ0n) is 4.42. The third-order valence-corrected chi connectivity index (χ3v) is 0.592. The maximum Gasteiger partial charge on any atom is 0.331 e. The third-order valence-electron chi connectivity index (χ3n) is 0.592. The zero-order valence-corrected chi connectivity index (χ0v) is 4.42. The minimum atomic E-state index is -4.72. The number of halogens is 6. The van der Waals surface area contributed by atoms with Crippen molar-refractivity contribution in [2.75, 3.05) is 0 Å². The van der Waals surface area contributed by atoms with Gasteiger partial charge in [-0.05, 0) is 0 Å². The molecule has 0 heterocycles. The first kappa shape index (κ1) is 9.32. The van der Waals surface area contributed by atoms with E-state index >= 15 is 0 Å². The van der Waals surface area contributed by atoms with Gasteiger partial charge in [-0.25, -0.2) is 8.78 Å². The molecule has 0 aromatic rings. The summed E-state index contributed by atoms with van der Waals surface area (Å²) in [6, 6.07) is 0. The van der Waals surface area contributed by atoms with Gasteiger partial charge in [-0.2, -0.15) is 17.6 Å². The number of hydrogen-bond donors (Lipinski definition) is 0. The normalized spacial score (nSPS) is 11.9. The molecule has 0 aromatic carbocycles. The summed E-state index contributed by atoms with van der Waals surface area (Å²) >= 11 is 0. The van der Waals surface area contributed by atoms with Gasteiger partial charge in [0.1, 0.15) is 0 Å². The quantitative estimate of drug-likeness (QED) is 0.550. The van der Waals surface area contributed by atoms with Crippen LogP contribution in [0, 0.1) is 0 Å². The molecule has 0 fully saturated rings. The summed E-state index contributed by atoms with van der Waals surface area (Å²) in [5.74, 6) is -4.72. The Morgan fingerprint density at radius 3 is 1.70 bits per heavy atom. The van der Waals surface area contributed by atoms with Gasteiger partial charge in [-0.15, -0.1) is 0 Å². The predicted molar refractivity (Wildman–Crippen MR) is 21.2 cm³/mol. The Labute approximate surface area is 52.1 Å². The molecule has 0 amide bonds. The summed E-state index contributed by atoms with van der Waals surface area (Å²) in [7, 11) is 0. The number of rotatable bonds is 2. The first-order valence-electron chi connectivity index (χ1n) is 2.06. The van der Waals surface area contributed by atoms with Gasteiger partial charge >= 0.3 is 12.3 Å². The third kappa shape index (κ3) is 2.75. The summed E-state index contributed by atoms with van der Waals surface area (Å²) in [6.45, 7) is 0. The van der Waals surface area contributed by atoms with Crippen LogP contribution in [0.4, 0.5) is 26.3 Å². The number of allylic oxidation sites excluding steroid dienone is 1. The summed E-state index contributed by atoms with van der Waals surface area (Å²) in [5, 5.41) is 0. The lowest BCUT2D eigenvalue weighted by molar-refractivity contribution is -0.0927. The van der Waals surface area contributed by atoms with Crippen LogP contribution in [0.5, 0.6) is 0 Å². The fourth-order valence-electron chi connectivity index (χ4n) is 0.208. The van der Waals surface area contributed by atoms with Gasteiger partial charge in [0, 0.05) is 0 Å². The largest absolute Gasteiger partial charge is 0.331 e. The van der Waals surface area contributed by atoms with E-state index in [1.165, 1.54) is 0 Å². The fourth-order valence-corrected chi connectivity index (χ4v) is 0.208. The van der Waals surface area contributed by atoms with E-state index < -0.39 is 24.5 Å². The van der Waals surface area contributed by atoms with Gasteiger partial charge in [0.25, 0.3) is 6.08 Å². The molecule has 0 nitrogen and oxygen atoms in total. The van der Waals surface area contributed by atoms with E-state index in [4.69, 9.17) is 0 Å². The Morgan fingerprint density at radius 2 is 1.60 bits per heavy atom. The van der Waals surface area contributed by atoms with Crippen molar-refractivity contribution in [2.45, 2.75) is 12.3 Å². The monoisotopic (exact) mass is 164 g/mol. The fraction of sp³-hybridized carbons (Fsp3) is 0.500. The molecule has 60 valence electrons. The molecule has 0 N–H and O–H groups in total. The van der Waals surface area contributed by atoms with E-state index in [-0.39, 0.29) is 0 Å². The highest BCUT2D eigenvalue weighted by molar-refractivity contribution is 4.96. The van der Waals surface area contributed by atoms with Gasteiger partial charge < -0.3 is 0 Å². The molecule has 0 aromatic heterocycles. The van der Waals surface area contributed by atoms with Crippen LogP contribution >= 0.6 is 0 Å². The van der Waals surface area contributed by atoms with Crippen molar-refractivity contribution in [1.82, 2.24) is 0 Å². The summed E-state index contributed by atoms with van der Waals surface area (Å²) in [4.78, 5) is 0. The minimum absolute atomic E-state index is 1.07. The van der Waals surface area contributed by atoms with Crippen LogP contribution in [0.3, 0.4) is 0 Å². The van der Waals surface area contributed by atoms with Gasteiger partial charge in [0.15, 0.2) is 0 Å². The Kier molecular flexibility index (Phi) is 2.74. The van der Waals surface area contributed by atoms with Crippen molar-refractivity contribution >= 4 is 0 Å². The molecule has 0 saturated carbocycles. The van der Waals surface area contributed by atoms with Crippen LogP contribution in [0.2, 0.25) is 0 Å². The smallest absolute Gasteiger partial charge is 0.203 e. The number of alkyl halides is 4. The number of hydrogen-bond acceptors (Lipinski definition) is 0. The molecule has 0 atom stereocenters. The lowest BCUT2D eigenvalue weighted by Crippen LogP contribution is -2.23. The van der Waals surface area contributed by atoms with Crippen LogP contribution in [0.15, 0.2) is 12.2 Å². The second-order valence-electron chi connectivity index (χ2n) is 1.41. The van der Waals surface area contributed by atoms with Gasteiger partial charge in [0.05, 0.1) is 6.08 Å². The average molecular weight is 164 g/mol. The van der Waals surface area contributed by atoms with Crippen molar-refractivity contribution in [2.24, 2.45) is 0 Å². The highest BCUT2D eigenvalue weighted by atomic mass is 19.3.